The van der Waals surface area contributed by atoms with Crippen LogP contribution in [0.15, 0.2) is 12.4 Å². The molecule has 4 nitrogen and oxygen atoms in total. The number of nitrogens with zero attached hydrogens (tertiary/aromatic N) is 2. The molecule has 0 unspecified atom stereocenters. The van der Waals surface area contributed by atoms with E-state index in [2.05, 4.69) is 28.3 Å². The van der Waals surface area contributed by atoms with Crippen LogP contribution in [-0.4, -0.2) is 23.1 Å². The number of nitrogens with two attached hydrogens (primary N) is 1. The van der Waals surface area contributed by atoms with E-state index in [4.69, 9.17) is 5.73 Å². The Kier molecular flexibility index (Phi) is 3.69. The van der Waals surface area contributed by atoms with E-state index in [1.54, 1.807) is 17.7 Å². The second-order valence-corrected chi connectivity index (χ2v) is 4.69. The van der Waals surface area contributed by atoms with Crippen LogP contribution in [0, 0.1) is 0 Å². The lowest BCUT2D eigenvalue weighted by Gasteiger charge is -2.04. The van der Waals surface area contributed by atoms with Gasteiger partial charge in [-0.2, -0.15) is 0 Å². The largest absolute Gasteiger partial charge is 0.369 e. The van der Waals surface area contributed by atoms with Crippen LogP contribution >= 0.6 is 11.3 Å². The van der Waals surface area contributed by atoms with Gasteiger partial charge in [0.25, 0.3) is 0 Å². The second-order valence-electron chi connectivity index (χ2n) is 3.58. The molecule has 2 aromatic heterocycles. The first-order valence-electron chi connectivity index (χ1n) is 5.52. The van der Waals surface area contributed by atoms with Crippen molar-refractivity contribution in [1.82, 2.24) is 9.97 Å². The molecule has 0 fully saturated rings. The van der Waals surface area contributed by atoms with Crippen LogP contribution in [0.3, 0.4) is 0 Å². The minimum absolute atomic E-state index is 0.699. The molecule has 0 aliphatic heterocycles. The number of anilines is 1. The third kappa shape index (κ3) is 2.31. The zero-order valence-corrected chi connectivity index (χ0v) is 10.2. The average molecular weight is 236 g/mol. The molecule has 0 saturated carbocycles. The normalized spacial score (nSPS) is 10.9. The summed E-state index contributed by atoms with van der Waals surface area (Å²) in [5.74, 6) is 0.925. The second kappa shape index (κ2) is 5.23. The SMILES string of the molecule is CCc1cc2c(NCCCN)ncnc2s1. The number of hydrogen-bond acceptors (Lipinski definition) is 5. The average Bonchev–Trinajstić information content (AvgIpc) is 2.73. The number of hydrogen-bond donors (Lipinski definition) is 2. The van der Waals surface area contributed by atoms with Crippen LogP contribution in [-0.2, 0) is 6.42 Å². The molecule has 0 bridgehead atoms. The molecular weight excluding hydrogens is 220 g/mol. The lowest BCUT2D eigenvalue weighted by Crippen LogP contribution is -2.09. The lowest BCUT2D eigenvalue weighted by molar-refractivity contribution is 0.871. The van der Waals surface area contributed by atoms with Gasteiger partial charge in [-0.25, -0.2) is 9.97 Å². The van der Waals surface area contributed by atoms with Gasteiger partial charge >= 0.3 is 0 Å². The highest BCUT2D eigenvalue weighted by Gasteiger charge is 2.06. The monoisotopic (exact) mass is 236 g/mol. The molecule has 16 heavy (non-hydrogen) atoms. The first-order chi connectivity index (χ1) is 7.85. The van der Waals surface area contributed by atoms with Crippen molar-refractivity contribution < 1.29 is 0 Å². The molecule has 2 heterocycles. The molecule has 0 amide bonds. The molecule has 2 rings (SSSR count). The van der Waals surface area contributed by atoms with Crippen molar-refractivity contribution in [3.05, 3.63) is 17.3 Å². The zero-order valence-electron chi connectivity index (χ0n) is 9.36. The summed E-state index contributed by atoms with van der Waals surface area (Å²) in [7, 11) is 0. The van der Waals surface area contributed by atoms with Crippen LogP contribution in [0.2, 0.25) is 0 Å². The molecule has 0 aromatic carbocycles. The summed E-state index contributed by atoms with van der Waals surface area (Å²) in [6.07, 6.45) is 3.61. The summed E-state index contributed by atoms with van der Waals surface area (Å²) in [6, 6.07) is 2.17. The van der Waals surface area contributed by atoms with E-state index in [0.717, 1.165) is 35.4 Å². The fraction of sp³-hybridized carbons (Fsp3) is 0.455. The first kappa shape index (κ1) is 11.3. The minimum Gasteiger partial charge on any atom is -0.369 e. The predicted molar refractivity (Wildman–Crippen MR) is 69.0 cm³/mol. The van der Waals surface area contributed by atoms with E-state index < -0.39 is 0 Å². The molecule has 0 radical (unpaired) electrons. The van der Waals surface area contributed by atoms with Crippen molar-refractivity contribution in [2.45, 2.75) is 19.8 Å². The van der Waals surface area contributed by atoms with Crippen molar-refractivity contribution in [3.8, 4) is 0 Å². The number of thiophene rings is 1. The van der Waals surface area contributed by atoms with Gasteiger partial charge in [0.15, 0.2) is 0 Å². The Morgan fingerprint density at radius 1 is 1.44 bits per heavy atom. The van der Waals surface area contributed by atoms with Crippen molar-refractivity contribution in [2.24, 2.45) is 5.73 Å². The van der Waals surface area contributed by atoms with Crippen LogP contribution in [0.25, 0.3) is 10.2 Å². The fourth-order valence-corrected chi connectivity index (χ4v) is 2.46. The smallest absolute Gasteiger partial charge is 0.138 e. The van der Waals surface area contributed by atoms with E-state index in [1.807, 2.05) is 0 Å². The van der Waals surface area contributed by atoms with Gasteiger partial charge in [0.05, 0.1) is 5.39 Å². The molecule has 2 aromatic rings. The Balaban J connectivity index is 2.26. The van der Waals surface area contributed by atoms with E-state index in [0.29, 0.717) is 6.54 Å². The molecule has 3 N–H and O–H groups in total. The van der Waals surface area contributed by atoms with Gasteiger partial charge in [-0.05, 0) is 25.5 Å². The van der Waals surface area contributed by atoms with E-state index in [9.17, 15) is 0 Å². The lowest BCUT2D eigenvalue weighted by atomic mass is 10.3. The Morgan fingerprint density at radius 2 is 2.31 bits per heavy atom. The van der Waals surface area contributed by atoms with Gasteiger partial charge in [0, 0.05) is 11.4 Å². The van der Waals surface area contributed by atoms with E-state index >= 15 is 0 Å². The first-order valence-corrected chi connectivity index (χ1v) is 6.34. The van der Waals surface area contributed by atoms with Gasteiger partial charge in [-0.3, -0.25) is 0 Å². The summed E-state index contributed by atoms with van der Waals surface area (Å²) in [5.41, 5.74) is 5.46. The zero-order chi connectivity index (χ0) is 11.4. The predicted octanol–water partition coefficient (Wildman–Crippen LogP) is 2.01. The Labute approximate surface area is 98.9 Å². The maximum Gasteiger partial charge on any atom is 0.138 e. The maximum atomic E-state index is 5.46. The summed E-state index contributed by atoms with van der Waals surface area (Å²) in [4.78, 5) is 11.0. The summed E-state index contributed by atoms with van der Waals surface area (Å²) < 4.78 is 0. The van der Waals surface area contributed by atoms with Gasteiger partial charge in [-0.15, -0.1) is 11.3 Å². The minimum atomic E-state index is 0.699. The van der Waals surface area contributed by atoms with Crippen LogP contribution < -0.4 is 11.1 Å². The van der Waals surface area contributed by atoms with Crippen molar-refractivity contribution in [2.75, 3.05) is 18.4 Å². The molecule has 0 atom stereocenters. The van der Waals surface area contributed by atoms with Crippen molar-refractivity contribution in [3.63, 3.8) is 0 Å². The highest BCUT2D eigenvalue weighted by atomic mass is 32.1. The molecule has 0 aliphatic rings. The molecular formula is C11H16N4S. The molecule has 0 saturated heterocycles. The number of nitrogens with one attached hydrogen (secondary N) is 1. The number of rotatable bonds is 5. The summed E-state index contributed by atoms with van der Waals surface area (Å²) in [6.45, 7) is 3.71. The van der Waals surface area contributed by atoms with Crippen molar-refractivity contribution >= 4 is 27.4 Å². The summed E-state index contributed by atoms with van der Waals surface area (Å²) in [5, 5.41) is 4.43. The van der Waals surface area contributed by atoms with Gasteiger partial charge in [0.2, 0.25) is 0 Å². The Bertz CT molecular complexity index is 466. The highest BCUT2D eigenvalue weighted by molar-refractivity contribution is 7.18. The van der Waals surface area contributed by atoms with Crippen LogP contribution in [0.1, 0.15) is 18.2 Å². The van der Waals surface area contributed by atoms with E-state index in [1.165, 1.54) is 4.88 Å². The van der Waals surface area contributed by atoms with Crippen molar-refractivity contribution in [1.29, 1.82) is 0 Å². The number of fused-ring (bicyclic) bond motifs is 1. The Hall–Kier alpha value is -1.20. The van der Waals surface area contributed by atoms with Crippen LogP contribution in [0.5, 0.6) is 0 Å². The van der Waals surface area contributed by atoms with E-state index in [-0.39, 0.29) is 0 Å². The van der Waals surface area contributed by atoms with Gasteiger partial charge in [0.1, 0.15) is 17.0 Å². The molecule has 5 heteroatoms. The highest BCUT2D eigenvalue weighted by Crippen LogP contribution is 2.28. The third-order valence-corrected chi connectivity index (χ3v) is 3.59. The van der Waals surface area contributed by atoms with Gasteiger partial charge < -0.3 is 11.1 Å². The molecule has 0 aliphatic carbocycles. The maximum absolute atomic E-state index is 5.46. The quantitative estimate of drug-likeness (QED) is 0.780. The number of aryl methyl sites for hydroxylation is 1. The molecule has 86 valence electrons. The third-order valence-electron chi connectivity index (χ3n) is 2.40. The Morgan fingerprint density at radius 3 is 3.06 bits per heavy atom. The van der Waals surface area contributed by atoms with Crippen LogP contribution in [0.4, 0.5) is 5.82 Å². The summed E-state index contributed by atoms with van der Waals surface area (Å²) >= 11 is 1.73. The number of aromatic nitrogens is 2. The van der Waals surface area contributed by atoms with Gasteiger partial charge in [-0.1, -0.05) is 6.92 Å². The molecule has 0 spiro atoms. The fourth-order valence-electron chi connectivity index (χ4n) is 1.53. The topological polar surface area (TPSA) is 63.8 Å². The standard InChI is InChI=1S/C11H16N4S/c1-2-8-6-9-10(13-5-3-4-12)14-7-15-11(9)16-8/h6-7H,2-5,12H2,1H3,(H,13,14,15).